The van der Waals surface area contributed by atoms with Gasteiger partial charge in [-0.05, 0) is 31.4 Å². The van der Waals surface area contributed by atoms with Gasteiger partial charge in [0.25, 0.3) is 0 Å². The Morgan fingerprint density at radius 3 is 2.69 bits per heavy atom. The molecule has 1 aromatic rings. The normalized spacial score (nSPS) is 11.9. The van der Waals surface area contributed by atoms with Gasteiger partial charge in [-0.15, -0.1) is 11.3 Å². The molecule has 0 amide bonds. The van der Waals surface area contributed by atoms with E-state index in [1.807, 2.05) is 13.0 Å². The van der Waals surface area contributed by atoms with Crippen LogP contribution in [0.4, 0.5) is 0 Å². The number of aryl methyl sites for hydroxylation is 1. The highest BCUT2D eigenvalue weighted by atomic mass is 79.9. The number of unbranched alkanes of at least 4 members (excludes halogenated alkanes) is 1. The second-order valence-corrected chi connectivity index (χ2v) is 7.32. The molecule has 1 aromatic heterocycles. The fourth-order valence-electron chi connectivity index (χ4n) is 1.19. The van der Waals surface area contributed by atoms with Gasteiger partial charge in [-0.1, -0.05) is 22.9 Å². The van der Waals surface area contributed by atoms with E-state index in [4.69, 9.17) is 0 Å². The summed E-state index contributed by atoms with van der Waals surface area (Å²) in [5.74, 6) is 0. The lowest BCUT2D eigenvalue weighted by molar-refractivity contribution is 0.581. The topological polar surface area (TPSA) is 46.2 Å². The Balaban J connectivity index is 2.56. The van der Waals surface area contributed by atoms with Gasteiger partial charge in [0, 0.05) is 16.8 Å². The van der Waals surface area contributed by atoms with Crippen molar-refractivity contribution in [3.63, 3.8) is 0 Å². The van der Waals surface area contributed by atoms with Crippen LogP contribution < -0.4 is 4.72 Å². The van der Waals surface area contributed by atoms with Crippen LogP contribution in [0, 0.1) is 0 Å². The lowest BCUT2D eigenvalue weighted by Gasteiger charge is -2.03. The van der Waals surface area contributed by atoms with Gasteiger partial charge in [0.05, 0.1) is 0 Å². The van der Waals surface area contributed by atoms with Gasteiger partial charge in [-0.3, -0.25) is 0 Å². The molecule has 0 aliphatic carbocycles. The van der Waals surface area contributed by atoms with Crippen molar-refractivity contribution in [2.45, 2.75) is 30.4 Å². The number of alkyl halides is 1. The highest BCUT2D eigenvalue weighted by molar-refractivity contribution is 9.09. The van der Waals surface area contributed by atoms with Crippen LogP contribution in [0.5, 0.6) is 0 Å². The highest BCUT2D eigenvalue weighted by Gasteiger charge is 2.15. The first kappa shape index (κ1) is 14.2. The van der Waals surface area contributed by atoms with E-state index in [0.717, 1.165) is 29.5 Å². The molecule has 3 nitrogen and oxygen atoms in total. The van der Waals surface area contributed by atoms with Crippen molar-refractivity contribution in [2.75, 3.05) is 11.9 Å². The molecule has 92 valence electrons. The minimum Gasteiger partial charge on any atom is -0.210 e. The molecule has 6 heteroatoms. The molecule has 0 aliphatic rings. The standard InChI is InChI=1S/C10H16BrNO2S2/c1-2-9-5-6-10(15-9)16(13,14)12-8-4-3-7-11/h5-6,12H,2-4,7-8H2,1H3. The smallest absolute Gasteiger partial charge is 0.210 e. The average Bonchev–Trinajstić information content (AvgIpc) is 2.73. The van der Waals surface area contributed by atoms with E-state index in [1.165, 1.54) is 11.3 Å². The maximum atomic E-state index is 11.8. The van der Waals surface area contributed by atoms with Crippen LogP contribution in [-0.2, 0) is 16.4 Å². The van der Waals surface area contributed by atoms with Crippen molar-refractivity contribution >= 4 is 37.3 Å². The number of thiophene rings is 1. The number of rotatable bonds is 7. The Morgan fingerprint density at radius 2 is 2.12 bits per heavy atom. The fourth-order valence-corrected chi connectivity index (χ4v) is 4.00. The van der Waals surface area contributed by atoms with E-state index in [2.05, 4.69) is 20.7 Å². The predicted octanol–water partition coefficient (Wildman–Crippen LogP) is 2.76. The summed E-state index contributed by atoms with van der Waals surface area (Å²) in [7, 11) is -3.28. The van der Waals surface area contributed by atoms with Crippen LogP contribution in [0.2, 0.25) is 0 Å². The van der Waals surface area contributed by atoms with Crippen LogP contribution in [0.15, 0.2) is 16.3 Å². The summed E-state index contributed by atoms with van der Waals surface area (Å²) >= 11 is 4.66. The average molecular weight is 326 g/mol. The minimum absolute atomic E-state index is 0.420. The van der Waals surface area contributed by atoms with E-state index in [-0.39, 0.29) is 0 Å². The largest absolute Gasteiger partial charge is 0.250 e. The summed E-state index contributed by atoms with van der Waals surface area (Å²) < 4.78 is 26.7. The first-order chi connectivity index (χ1) is 7.60. The van der Waals surface area contributed by atoms with Crippen molar-refractivity contribution < 1.29 is 8.42 Å². The predicted molar refractivity (Wildman–Crippen MR) is 71.9 cm³/mol. The van der Waals surface area contributed by atoms with Crippen LogP contribution in [0.25, 0.3) is 0 Å². The van der Waals surface area contributed by atoms with E-state index < -0.39 is 10.0 Å². The summed E-state index contributed by atoms with van der Waals surface area (Å²) in [6, 6.07) is 3.55. The summed E-state index contributed by atoms with van der Waals surface area (Å²) in [6.07, 6.45) is 2.72. The van der Waals surface area contributed by atoms with Crippen LogP contribution in [0.3, 0.4) is 0 Å². The molecular formula is C10H16BrNO2S2. The van der Waals surface area contributed by atoms with Crippen LogP contribution in [-0.4, -0.2) is 20.3 Å². The summed E-state index contributed by atoms with van der Waals surface area (Å²) in [5.41, 5.74) is 0. The molecule has 0 unspecified atom stereocenters. The number of halogens is 1. The molecular weight excluding hydrogens is 310 g/mol. The van der Waals surface area contributed by atoms with Gasteiger partial charge in [0.2, 0.25) is 10.0 Å². The van der Waals surface area contributed by atoms with Gasteiger partial charge in [-0.25, -0.2) is 13.1 Å². The zero-order valence-electron chi connectivity index (χ0n) is 9.20. The van der Waals surface area contributed by atoms with Gasteiger partial charge in [0.15, 0.2) is 0 Å². The van der Waals surface area contributed by atoms with Gasteiger partial charge >= 0.3 is 0 Å². The maximum absolute atomic E-state index is 11.8. The summed E-state index contributed by atoms with van der Waals surface area (Å²) in [6.45, 7) is 2.53. The molecule has 1 N–H and O–H groups in total. The van der Waals surface area contributed by atoms with Crippen LogP contribution >= 0.6 is 27.3 Å². The number of hydrogen-bond donors (Lipinski definition) is 1. The molecule has 0 aromatic carbocycles. The summed E-state index contributed by atoms with van der Waals surface area (Å²) in [5, 5.41) is 0.910. The van der Waals surface area contributed by atoms with Crippen LogP contribution in [0.1, 0.15) is 24.6 Å². The monoisotopic (exact) mass is 325 g/mol. The molecule has 16 heavy (non-hydrogen) atoms. The second-order valence-electron chi connectivity index (χ2n) is 3.37. The Morgan fingerprint density at radius 1 is 1.38 bits per heavy atom. The Hall–Kier alpha value is 0.0900. The fraction of sp³-hybridized carbons (Fsp3) is 0.600. The third-order valence-electron chi connectivity index (χ3n) is 2.10. The minimum atomic E-state index is -3.28. The van der Waals surface area contributed by atoms with E-state index >= 15 is 0 Å². The molecule has 0 saturated carbocycles. The molecule has 0 fully saturated rings. The maximum Gasteiger partial charge on any atom is 0.250 e. The first-order valence-electron chi connectivity index (χ1n) is 5.24. The lowest BCUT2D eigenvalue weighted by atomic mass is 10.3. The third kappa shape index (κ3) is 4.16. The SMILES string of the molecule is CCc1ccc(S(=O)(=O)NCCCCBr)s1. The molecule has 0 saturated heterocycles. The van der Waals surface area contributed by atoms with Crippen molar-refractivity contribution in [1.29, 1.82) is 0 Å². The van der Waals surface area contributed by atoms with E-state index in [0.29, 0.717) is 10.8 Å². The van der Waals surface area contributed by atoms with Gasteiger partial charge in [0.1, 0.15) is 4.21 Å². The number of sulfonamides is 1. The summed E-state index contributed by atoms with van der Waals surface area (Å²) in [4.78, 5) is 1.10. The molecule has 1 heterocycles. The molecule has 0 spiro atoms. The zero-order valence-corrected chi connectivity index (χ0v) is 12.4. The first-order valence-corrected chi connectivity index (χ1v) is 8.66. The van der Waals surface area contributed by atoms with Gasteiger partial charge < -0.3 is 0 Å². The molecule has 0 aliphatic heterocycles. The van der Waals surface area contributed by atoms with Crippen molar-refractivity contribution in [2.24, 2.45) is 0 Å². The zero-order chi connectivity index (χ0) is 12.0. The van der Waals surface area contributed by atoms with Gasteiger partial charge in [-0.2, -0.15) is 0 Å². The van der Waals surface area contributed by atoms with Crippen molar-refractivity contribution in [1.82, 2.24) is 4.72 Å². The molecule has 0 radical (unpaired) electrons. The Bertz CT molecular complexity index is 414. The van der Waals surface area contributed by atoms with E-state index in [1.54, 1.807) is 6.07 Å². The second kappa shape index (κ2) is 6.74. The number of hydrogen-bond acceptors (Lipinski definition) is 3. The van der Waals surface area contributed by atoms with Crippen molar-refractivity contribution in [3.05, 3.63) is 17.0 Å². The lowest BCUT2D eigenvalue weighted by Crippen LogP contribution is -2.24. The molecule has 0 bridgehead atoms. The third-order valence-corrected chi connectivity index (χ3v) is 5.85. The quantitative estimate of drug-likeness (QED) is 0.619. The van der Waals surface area contributed by atoms with E-state index in [9.17, 15) is 8.42 Å². The Labute approximate surface area is 109 Å². The number of nitrogens with one attached hydrogen (secondary N) is 1. The Kier molecular flexibility index (Phi) is 5.96. The molecule has 0 atom stereocenters. The highest BCUT2D eigenvalue weighted by Crippen LogP contribution is 2.21. The van der Waals surface area contributed by atoms with Crippen molar-refractivity contribution in [3.8, 4) is 0 Å². The molecule has 1 rings (SSSR count).